The molecular formula is C18H20N4O3. The molecule has 0 spiro atoms. The van der Waals surface area contributed by atoms with Crippen molar-refractivity contribution in [2.45, 2.75) is 33.4 Å². The van der Waals surface area contributed by atoms with E-state index in [4.69, 9.17) is 4.52 Å². The van der Waals surface area contributed by atoms with Crippen molar-refractivity contribution in [3.8, 4) is 0 Å². The maximum absolute atomic E-state index is 12.5. The van der Waals surface area contributed by atoms with Crippen LogP contribution in [0.2, 0.25) is 0 Å². The van der Waals surface area contributed by atoms with Crippen LogP contribution in [0.1, 0.15) is 23.4 Å². The van der Waals surface area contributed by atoms with Gasteiger partial charge >= 0.3 is 0 Å². The first-order valence-electron chi connectivity index (χ1n) is 8.06. The summed E-state index contributed by atoms with van der Waals surface area (Å²) >= 11 is 0. The Labute approximate surface area is 144 Å². The summed E-state index contributed by atoms with van der Waals surface area (Å²) in [5, 5.41) is 4.45. The van der Waals surface area contributed by atoms with E-state index in [-0.39, 0.29) is 24.4 Å². The molecule has 2 heterocycles. The summed E-state index contributed by atoms with van der Waals surface area (Å²) in [6, 6.07) is 7.31. The number of fused-ring (bicyclic) bond motifs is 1. The molecule has 0 aliphatic rings. The van der Waals surface area contributed by atoms with Crippen molar-refractivity contribution in [2.24, 2.45) is 0 Å². The summed E-state index contributed by atoms with van der Waals surface area (Å²) in [7, 11) is 1.71. The standard InChI is InChI=1S/C18H20N4O3/c1-12-5-4-6-15-17(12)19-11-22(18(15)24)8-7-16(23)21(3)10-14-9-13(2)25-20-14/h4-6,9,11H,7-8,10H2,1-3H3. The van der Waals surface area contributed by atoms with Gasteiger partial charge in [0, 0.05) is 26.1 Å². The fourth-order valence-electron chi connectivity index (χ4n) is 2.73. The fourth-order valence-corrected chi connectivity index (χ4v) is 2.73. The third-order valence-corrected chi connectivity index (χ3v) is 4.12. The Hall–Kier alpha value is -2.96. The largest absolute Gasteiger partial charge is 0.361 e. The van der Waals surface area contributed by atoms with Crippen LogP contribution in [0.4, 0.5) is 0 Å². The van der Waals surface area contributed by atoms with Gasteiger partial charge in [-0.2, -0.15) is 0 Å². The van der Waals surface area contributed by atoms with E-state index in [2.05, 4.69) is 10.1 Å². The molecule has 1 aromatic carbocycles. The quantitative estimate of drug-likeness (QED) is 0.710. The van der Waals surface area contributed by atoms with Gasteiger partial charge in [-0.3, -0.25) is 14.2 Å². The highest BCUT2D eigenvalue weighted by molar-refractivity contribution is 5.80. The molecule has 7 heteroatoms. The van der Waals surface area contributed by atoms with Crippen LogP contribution >= 0.6 is 0 Å². The van der Waals surface area contributed by atoms with E-state index in [0.29, 0.717) is 28.9 Å². The first-order chi connectivity index (χ1) is 12.0. The van der Waals surface area contributed by atoms with Crippen LogP contribution in [-0.2, 0) is 17.9 Å². The summed E-state index contributed by atoms with van der Waals surface area (Å²) in [4.78, 5) is 30.7. The van der Waals surface area contributed by atoms with Gasteiger partial charge in [0.15, 0.2) is 0 Å². The van der Waals surface area contributed by atoms with Crippen molar-refractivity contribution in [3.05, 3.63) is 58.0 Å². The van der Waals surface area contributed by atoms with Crippen LogP contribution in [0, 0.1) is 13.8 Å². The summed E-state index contributed by atoms with van der Waals surface area (Å²) in [5.74, 6) is 0.636. The van der Waals surface area contributed by atoms with E-state index in [1.807, 2.05) is 19.1 Å². The second kappa shape index (κ2) is 6.88. The van der Waals surface area contributed by atoms with Gasteiger partial charge in [0.25, 0.3) is 5.56 Å². The predicted molar refractivity (Wildman–Crippen MR) is 93.1 cm³/mol. The van der Waals surface area contributed by atoms with E-state index in [1.54, 1.807) is 31.0 Å². The zero-order valence-electron chi connectivity index (χ0n) is 14.5. The number of nitrogens with zero attached hydrogens (tertiary/aromatic N) is 4. The number of hydrogen-bond donors (Lipinski definition) is 0. The summed E-state index contributed by atoms with van der Waals surface area (Å²) in [6.07, 6.45) is 1.72. The topological polar surface area (TPSA) is 81.2 Å². The molecule has 0 saturated heterocycles. The Bertz CT molecular complexity index is 974. The molecule has 0 bridgehead atoms. The van der Waals surface area contributed by atoms with Crippen molar-refractivity contribution in [3.63, 3.8) is 0 Å². The molecule has 0 aliphatic carbocycles. The Morgan fingerprint density at radius 1 is 1.32 bits per heavy atom. The van der Waals surface area contributed by atoms with Crippen molar-refractivity contribution < 1.29 is 9.32 Å². The average Bonchev–Trinajstić information content (AvgIpc) is 2.99. The first kappa shape index (κ1) is 16.9. The second-order valence-corrected chi connectivity index (χ2v) is 6.14. The number of hydrogen-bond acceptors (Lipinski definition) is 5. The van der Waals surface area contributed by atoms with Crippen molar-refractivity contribution >= 4 is 16.8 Å². The SMILES string of the molecule is Cc1cc(CN(C)C(=O)CCn2cnc3c(C)cccc3c2=O)no1. The minimum atomic E-state index is -0.128. The Morgan fingerprint density at radius 3 is 2.84 bits per heavy atom. The zero-order valence-corrected chi connectivity index (χ0v) is 14.5. The number of carbonyl (C=O) groups excluding carboxylic acids is 1. The van der Waals surface area contributed by atoms with E-state index in [9.17, 15) is 9.59 Å². The van der Waals surface area contributed by atoms with E-state index in [0.717, 1.165) is 5.56 Å². The van der Waals surface area contributed by atoms with Gasteiger partial charge in [0.1, 0.15) is 11.5 Å². The number of para-hydroxylation sites is 1. The van der Waals surface area contributed by atoms with Crippen LogP contribution in [0.3, 0.4) is 0 Å². The molecule has 0 fully saturated rings. The van der Waals surface area contributed by atoms with E-state index in [1.165, 1.54) is 10.9 Å². The van der Waals surface area contributed by atoms with Gasteiger partial charge in [0.2, 0.25) is 5.91 Å². The summed E-state index contributed by atoms with van der Waals surface area (Å²) < 4.78 is 6.48. The lowest BCUT2D eigenvalue weighted by atomic mass is 10.1. The Morgan fingerprint density at radius 2 is 2.12 bits per heavy atom. The van der Waals surface area contributed by atoms with E-state index < -0.39 is 0 Å². The van der Waals surface area contributed by atoms with Crippen LogP contribution in [0.5, 0.6) is 0 Å². The van der Waals surface area contributed by atoms with Crippen LogP contribution < -0.4 is 5.56 Å². The molecule has 0 aliphatic heterocycles. The van der Waals surface area contributed by atoms with Crippen LogP contribution in [0.25, 0.3) is 10.9 Å². The van der Waals surface area contributed by atoms with Gasteiger partial charge in [0.05, 0.1) is 23.8 Å². The minimum absolute atomic E-state index is 0.0723. The number of rotatable bonds is 5. The van der Waals surface area contributed by atoms with Gasteiger partial charge in [-0.1, -0.05) is 17.3 Å². The fraction of sp³-hybridized carbons (Fsp3) is 0.333. The van der Waals surface area contributed by atoms with Crippen LogP contribution in [-0.4, -0.2) is 32.6 Å². The highest BCUT2D eigenvalue weighted by atomic mass is 16.5. The predicted octanol–water partition coefficient (Wildman–Crippen LogP) is 2.05. The number of carbonyl (C=O) groups is 1. The lowest BCUT2D eigenvalue weighted by Gasteiger charge is -2.16. The zero-order chi connectivity index (χ0) is 18.0. The van der Waals surface area contributed by atoms with Crippen molar-refractivity contribution in [1.82, 2.24) is 19.6 Å². The van der Waals surface area contributed by atoms with Crippen LogP contribution in [0.15, 0.2) is 39.9 Å². The lowest BCUT2D eigenvalue weighted by molar-refractivity contribution is -0.130. The first-order valence-corrected chi connectivity index (χ1v) is 8.06. The number of aromatic nitrogens is 3. The number of aryl methyl sites for hydroxylation is 3. The molecule has 7 nitrogen and oxygen atoms in total. The molecule has 0 N–H and O–H groups in total. The normalized spacial score (nSPS) is 11.0. The van der Waals surface area contributed by atoms with Gasteiger partial charge in [-0.05, 0) is 25.5 Å². The number of amides is 1. The number of benzene rings is 1. The molecule has 0 radical (unpaired) electrons. The molecule has 2 aromatic heterocycles. The Balaban J connectivity index is 1.68. The van der Waals surface area contributed by atoms with E-state index >= 15 is 0 Å². The third kappa shape index (κ3) is 3.60. The average molecular weight is 340 g/mol. The third-order valence-electron chi connectivity index (χ3n) is 4.12. The molecular weight excluding hydrogens is 320 g/mol. The molecule has 0 unspecified atom stereocenters. The minimum Gasteiger partial charge on any atom is -0.361 e. The lowest BCUT2D eigenvalue weighted by Crippen LogP contribution is -2.29. The molecule has 0 saturated carbocycles. The molecule has 1 amide bonds. The molecule has 3 rings (SSSR count). The van der Waals surface area contributed by atoms with Gasteiger partial charge in [-0.15, -0.1) is 0 Å². The smallest absolute Gasteiger partial charge is 0.261 e. The van der Waals surface area contributed by atoms with Gasteiger partial charge in [-0.25, -0.2) is 4.98 Å². The molecule has 25 heavy (non-hydrogen) atoms. The Kier molecular flexibility index (Phi) is 4.65. The molecule has 0 atom stereocenters. The summed E-state index contributed by atoms with van der Waals surface area (Å²) in [6.45, 7) is 4.39. The second-order valence-electron chi connectivity index (χ2n) is 6.14. The van der Waals surface area contributed by atoms with Crippen molar-refractivity contribution in [1.29, 1.82) is 0 Å². The highest BCUT2D eigenvalue weighted by Gasteiger charge is 2.13. The molecule has 130 valence electrons. The maximum Gasteiger partial charge on any atom is 0.261 e. The molecule has 3 aromatic rings. The van der Waals surface area contributed by atoms with Crippen molar-refractivity contribution in [2.75, 3.05) is 7.05 Å². The van der Waals surface area contributed by atoms with Gasteiger partial charge < -0.3 is 9.42 Å². The highest BCUT2D eigenvalue weighted by Crippen LogP contribution is 2.11. The summed E-state index contributed by atoms with van der Waals surface area (Å²) in [5.41, 5.74) is 2.23. The monoisotopic (exact) mass is 340 g/mol. The maximum atomic E-state index is 12.5.